The number of ether oxygens (including phenoxy) is 1. The van der Waals surface area contributed by atoms with Gasteiger partial charge in [-0.3, -0.25) is 14.9 Å². The van der Waals surface area contributed by atoms with Crippen LogP contribution in [0.5, 0.6) is 5.75 Å². The molecule has 1 aliphatic carbocycles. The molecule has 1 aromatic carbocycles. The summed E-state index contributed by atoms with van der Waals surface area (Å²) in [6, 6.07) is 3.37. The molecular weight excluding hydrogens is 291 g/mol. The van der Waals surface area contributed by atoms with Crippen molar-refractivity contribution in [2.45, 2.75) is 32.7 Å². The number of carbonyl (C=O) groups is 1. The van der Waals surface area contributed by atoms with Gasteiger partial charge >= 0.3 is 0 Å². The van der Waals surface area contributed by atoms with Gasteiger partial charge in [0.05, 0.1) is 11.0 Å². The van der Waals surface area contributed by atoms with E-state index in [2.05, 4.69) is 0 Å². The summed E-state index contributed by atoms with van der Waals surface area (Å²) in [5, 5.41) is 10.5. The number of hydrogen-bond donors (Lipinski definition) is 0. The second-order valence-corrected chi connectivity index (χ2v) is 5.83. The SMILES string of the molecule is CC(C)CN(C(=O)COc1ccc([N+](=O)[O-])cc1F)C1CC1. The van der Waals surface area contributed by atoms with E-state index in [-0.39, 0.29) is 30.0 Å². The van der Waals surface area contributed by atoms with E-state index in [0.717, 1.165) is 25.0 Å². The Morgan fingerprint density at radius 3 is 2.68 bits per heavy atom. The highest BCUT2D eigenvalue weighted by Gasteiger charge is 2.33. The highest BCUT2D eigenvalue weighted by Crippen LogP contribution is 2.28. The van der Waals surface area contributed by atoms with Crippen molar-refractivity contribution in [2.24, 2.45) is 5.92 Å². The van der Waals surface area contributed by atoms with Gasteiger partial charge in [0.1, 0.15) is 0 Å². The van der Waals surface area contributed by atoms with E-state index in [1.165, 1.54) is 6.07 Å². The number of amides is 1. The first kappa shape index (κ1) is 16.2. The number of hydrogen-bond acceptors (Lipinski definition) is 4. The first-order chi connectivity index (χ1) is 10.4. The predicted molar refractivity (Wildman–Crippen MR) is 78.1 cm³/mol. The minimum atomic E-state index is -0.844. The van der Waals surface area contributed by atoms with Gasteiger partial charge in [0.15, 0.2) is 18.2 Å². The summed E-state index contributed by atoms with van der Waals surface area (Å²) in [5.74, 6) is -0.835. The maximum atomic E-state index is 13.7. The lowest BCUT2D eigenvalue weighted by Gasteiger charge is -2.24. The smallest absolute Gasteiger partial charge is 0.272 e. The molecule has 0 bridgehead atoms. The van der Waals surface area contributed by atoms with Crippen molar-refractivity contribution in [3.8, 4) is 5.75 Å². The topological polar surface area (TPSA) is 72.7 Å². The molecule has 1 aromatic rings. The summed E-state index contributed by atoms with van der Waals surface area (Å²) in [6.07, 6.45) is 1.98. The van der Waals surface area contributed by atoms with Gasteiger partial charge in [-0.1, -0.05) is 13.8 Å². The van der Waals surface area contributed by atoms with Crippen molar-refractivity contribution >= 4 is 11.6 Å². The average Bonchev–Trinajstić information content (AvgIpc) is 3.27. The maximum absolute atomic E-state index is 13.7. The van der Waals surface area contributed by atoms with Crippen LogP contribution in [0.15, 0.2) is 18.2 Å². The van der Waals surface area contributed by atoms with Crippen LogP contribution in [0.2, 0.25) is 0 Å². The quantitative estimate of drug-likeness (QED) is 0.573. The first-order valence-electron chi connectivity index (χ1n) is 7.24. The standard InChI is InChI=1S/C15H19FN2O4/c1-10(2)8-17(11-3-4-11)15(19)9-22-14-6-5-12(18(20)21)7-13(14)16/h5-7,10-11H,3-4,8-9H2,1-2H3. The van der Waals surface area contributed by atoms with Gasteiger partial charge < -0.3 is 9.64 Å². The van der Waals surface area contributed by atoms with Crippen molar-refractivity contribution in [3.63, 3.8) is 0 Å². The Kier molecular flexibility index (Phi) is 4.95. The van der Waals surface area contributed by atoms with E-state index in [0.29, 0.717) is 12.5 Å². The average molecular weight is 310 g/mol. The molecule has 22 heavy (non-hydrogen) atoms. The van der Waals surface area contributed by atoms with Crippen molar-refractivity contribution in [1.29, 1.82) is 0 Å². The molecule has 0 heterocycles. The van der Waals surface area contributed by atoms with Gasteiger partial charge in [-0.15, -0.1) is 0 Å². The number of rotatable bonds is 7. The minimum absolute atomic E-state index is 0.153. The molecule has 0 spiro atoms. The molecule has 1 amide bonds. The molecule has 7 heteroatoms. The van der Waals surface area contributed by atoms with Gasteiger partial charge in [-0.25, -0.2) is 4.39 Å². The van der Waals surface area contributed by atoms with Crippen LogP contribution in [0.4, 0.5) is 10.1 Å². The fourth-order valence-corrected chi connectivity index (χ4v) is 2.18. The summed E-state index contributed by atoms with van der Waals surface area (Å²) in [6.45, 7) is 4.44. The van der Waals surface area contributed by atoms with Crippen LogP contribution < -0.4 is 4.74 Å². The van der Waals surface area contributed by atoms with Crippen molar-refractivity contribution in [2.75, 3.05) is 13.2 Å². The maximum Gasteiger partial charge on any atom is 0.272 e. The zero-order valence-electron chi connectivity index (χ0n) is 12.6. The Morgan fingerprint density at radius 1 is 1.50 bits per heavy atom. The zero-order chi connectivity index (χ0) is 16.3. The van der Waals surface area contributed by atoms with Gasteiger partial charge in [0.2, 0.25) is 0 Å². The van der Waals surface area contributed by atoms with Crippen LogP contribution in [0.1, 0.15) is 26.7 Å². The van der Waals surface area contributed by atoms with E-state index in [1.54, 1.807) is 4.90 Å². The highest BCUT2D eigenvalue weighted by molar-refractivity contribution is 5.78. The monoisotopic (exact) mass is 310 g/mol. The Hall–Kier alpha value is -2.18. The molecule has 1 aliphatic rings. The van der Waals surface area contributed by atoms with E-state index in [4.69, 9.17) is 4.74 Å². The summed E-state index contributed by atoms with van der Waals surface area (Å²) in [4.78, 5) is 23.8. The normalized spacial score (nSPS) is 14.0. The molecule has 6 nitrogen and oxygen atoms in total. The zero-order valence-corrected chi connectivity index (χ0v) is 12.6. The third-order valence-electron chi connectivity index (χ3n) is 3.35. The molecule has 1 saturated carbocycles. The second kappa shape index (κ2) is 6.72. The third-order valence-corrected chi connectivity index (χ3v) is 3.35. The fourth-order valence-electron chi connectivity index (χ4n) is 2.18. The van der Waals surface area contributed by atoms with Gasteiger partial charge in [-0.05, 0) is 24.8 Å². The Balaban J connectivity index is 1.96. The largest absolute Gasteiger partial charge is 0.481 e. The molecular formula is C15H19FN2O4. The Morgan fingerprint density at radius 2 is 2.18 bits per heavy atom. The predicted octanol–water partition coefficient (Wildman–Crippen LogP) is 2.76. The molecule has 2 rings (SSSR count). The molecule has 0 aliphatic heterocycles. The number of carbonyl (C=O) groups excluding carboxylic acids is 1. The summed E-state index contributed by atoms with van der Waals surface area (Å²) < 4.78 is 18.9. The lowest BCUT2D eigenvalue weighted by Crippen LogP contribution is -2.39. The van der Waals surface area contributed by atoms with Crippen molar-refractivity contribution in [3.05, 3.63) is 34.1 Å². The lowest BCUT2D eigenvalue weighted by molar-refractivity contribution is -0.385. The van der Waals surface area contributed by atoms with Gasteiger partial charge in [0.25, 0.3) is 11.6 Å². The number of non-ortho nitro benzene ring substituents is 1. The van der Waals surface area contributed by atoms with Crippen molar-refractivity contribution in [1.82, 2.24) is 4.90 Å². The highest BCUT2D eigenvalue weighted by atomic mass is 19.1. The van der Waals surface area contributed by atoms with Crippen LogP contribution in [-0.2, 0) is 4.79 Å². The van der Waals surface area contributed by atoms with Gasteiger partial charge in [-0.2, -0.15) is 0 Å². The number of nitro groups is 1. The van der Waals surface area contributed by atoms with E-state index >= 15 is 0 Å². The second-order valence-electron chi connectivity index (χ2n) is 5.83. The number of nitro benzene ring substituents is 1. The minimum Gasteiger partial charge on any atom is -0.481 e. The van der Waals surface area contributed by atoms with E-state index in [1.807, 2.05) is 13.8 Å². The van der Waals surface area contributed by atoms with E-state index < -0.39 is 10.7 Å². The molecule has 0 N–H and O–H groups in total. The molecule has 0 aromatic heterocycles. The molecule has 0 saturated heterocycles. The van der Waals surface area contributed by atoms with Gasteiger partial charge in [0, 0.05) is 18.7 Å². The first-order valence-corrected chi connectivity index (χ1v) is 7.24. The molecule has 0 atom stereocenters. The summed E-state index contributed by atoms with van der Waals surface area (Å²) >= 11 is 0. The Labute approximate surface area is 128 Å². The molecule has 120 valence electrons. The lowest BCUT2D eigenvalue weighted by atomic mass is 10.2. The molecule has 0 unspecified atom stereocenters. The van der Waals surface area contributed by atoms with Crippen LogP contribution in [0.3, 0.4) is 0 Å². The summed E-state index contributed by atoms with van der Waals surface area (Å²) in [5.41, 5.74) is -0.351. The summed E-state index contributed by atoms with van der Waals surface area (Å²) in [7, 11) is 0. The van der Waals surface area contributed by atoms with Crippen molar-refractivity contribution < 1.29 is 18.8 Å². The van der Waals surface area contributed by atoms with Crippen LogP contribution in [0, 0.1) is 21.8 Å². The van der Waals surface area contributed by atoms with Crippen LogP contribution in [0.25, 0.3) is 0 Å². The molecule has 1 fully saturated rings. The van der Waals surface area contributed by atoms with Crippen LogP contribution in [-0.4, -0.2) is 34.9 Å². The molecule has 0 radical (unpaired) electrons. The fraction of sp³-hybridized carbons (Fsp3) is 0.533. The van der Waals surface area contributed by atoms with Crippen LogP contribution >= 0.6 is 0 Å². The van der Waals surface area contributed by atoms with E-state index in [9.17, 15) is 19.3 Å². The number of benzene rings is 1. The Bertz CT molecular complexity index is 573. The number of halogens is 1. The number of nitrogens with zero attached hydrogens (tertiary/aromatic N) is 2. The third kappa shape index (κ3) is 4.16.